The molecule has 1 unspecified atom stereocenters. The highest BCUT2D eigenvalue weighted by atomic mass is 16.2. The Bertz CT molecular complexity index is 737. The summed E-state index contributed by atoms with van der Waals surface area (Å²) in [5, 5.41) is 3.45. The van der Waals surface area contributed by atoms with Crippen LogP contribution in [0.4, 0.5) is 0 Å². The second kappa shape index (κ2) is 10.8. The first kappa shape index (κ1) is 20.3. The number of hydrogen-bond donors (Lipinski definition) is 1. The van der Waals surface area contributed by atoms with Crippen molar-refractivity contribution in [1.82, 2.24) is 15.1 Å². The fraction of sp³-hybridized carbons (Fsp3) is 0.375. The van der Waals surface area contributed by atoms with Gasteiger partial charge < -0.3 is 10.2 Å². The molecule has 4 heteroatoms. The molecule has 0 spiro atoms. The van der Waals surface area contributed by atoms with Crippen LogP contribution in [0.1, 0.15) is 30.5 Å². The third-order valence-corrected chi connectivity index (χ3v) is 5.29. The van der Waals surface area contributed by atoms with E-state index >= 15 is 0 Å². The lowest BCUT2D eigenvalue weighted by molar-refractivity contribution is -0.132. The van der Waals surface area contributed by atoms with E-state index in [1.165, 1.54) is 11.1 Å². The Kier molecular flexibility index (Phi) is 7.82. The van der Waals surface area contributed by atoms with Crippen molar-refractivity contribution in [2.75, 3.05) is 39.3 Å². The summed E-state index contributed by atoms with van der Waals surface area (Å²) in [6, 6.07) is 21.0. The molecule has 1 fully saturated rings. The van der Waals surface area contributed by atoms with Gasteiger partial charge >= 0.3 is 0 Å². The second-order valence-electron chi connectivity index (χ2n) is 7.33. The van der Waals surface area contributed by atoms with Crippen LogP contribution in [0.2, 0.25) is 0 Å². The average molecular weight is 378 g/mol. The summed E-state index contributed by atoms with van der Waals surface area (Å²) >= 11 is 0. The lowest BCUT2D eigenvalue weighted by Gasteiger charge is -2.34. The molecule has 0 aromatic heterocycles. The maximum atomic E-state index is 12.5. The zero-order chi connectivity index (χ0) is 19.6. The molecule has 2 aromatic rings. The van der Waals surface area contributed by atoms with Crippen molar-refractivity contribution in [3.05, 3.63) is 77.9 Å². The molecular weight excluding hydrogens is 346 g/mol. The van der Waals surface area contributed by atoms with E-state index in [-0.39, 0.29) is 11.9 Å². The van der Waals surface area contributed by atoms with Crippen molar-refractivity contribution in [3.63, 3.8) is 0 Å². The number of benzene rings is 2. The first-order chi connectivity index (χ1) is 13.7. The molecule has 0 bridgehead atoms. The van der Waals surface area contributed by atoms with E-state index < -0.39 is 0 Å². The third-order valence-electron chi connectivity index (χ3n) is 5.29. The molecule has 1 N–H and O–H groups in total. The highest BCUT2D eigenvalue weighted by Crippen LogP contribution is 2.11. The maximum absolute atomic E-state index is 12.5. The van der Waals surface area contributed by atoms with Crippen LogP contribution in [0.3, 0.4) is 0 Å². The maximum Gasteiger partial charge on any atom is 0.223 e. The molecule has 4 nitrogen and oxygen atoms in total. The molecule has 0 saturated carbocycles. The van der Waals surface area contributed by atoms with Crippen LogP contribution in [0.15, 0.2) is 66.7 Å². The van der Waals surface area contributed by atoms with Crippen LogP contribution >= 0.6 is 0 Å². The van der Waals surface area contributed by atoms with Gasteiger partial charge in [0.2, 0.25) is 5.91 Å². The summed E-state index contributed by atoms with van der Waals surface area (Å²) in [6.07, 6.45) is 4.93. The molecule has 1 saturated heterocycles. The fourth-order valence-corrected chi connectivity index (χ4v) is 3.50. The van der Waals surface area contributed by atoms with Gasteiger partial charge in [0.1, 0.15) is 0 Å². The molecule has 2 aromatic carbocycles. The predicted molar refractivity (Wildman–Crippen MR) is 116 cm³/mol. The summed E-state index contributed by atoms with van der Waals surface area (Å²) < 4.78 is 0. The summed E-state index contributed by atoms with van der Waals surface area (Å²) in [6.45, 7) is 7.33. The van der Waals surface area contributed by atoms with E-state index in [0.717, 1.165) is 39.3 Å². The zero-order valence-electron chi connectivity index (χ0n) is 16.8. The molecule has 3 rings (SSSR count). The molecule has 0 aliphatic carbocycles. The Balaban J connectivity index is 1.33. The minimum atomic E-state index is 0.257. The number of hydrogen-bond acceptors (Lipinski definition) is 3. The first-order valence-electron chi connectivity index (χ1n) is 10.2. The lowest BCUT2D eigenvalue weighted by atomic mass is 10.1. The van der Waals surface area contributed by atoms with Crippen molar-refractivity contribution in [2.45, 2.75) is 19.4 Å². The molecule has 0 radical (unpaired) electrons. The summed E-state index contributed by atoms with van der Waals surface area (Å²) in [4.78, 5) is 16.9. The highest BCUT2D eigenvalue weighted by molar-refractivity contribution is 5.76. The zero-order valence-corrected chi connectivity index (χ0v) is 16.8. The number of rotatable bonds is 8. The summed E-state index contributed by atoms with van der Waals surface area (Å²) in [5.41, 5.74) is 2.49. The van der Waals surface area contributed by atoms with Crippen molar-refractivity contribution in [3.8, 4) is 0 Å². The Hall–Kier alpha value is -2.43. The van der Waals surface area contributed by atoms with Gasteiger partial charge in [0, 0.05) is 51.7 Å². The van der Waals surface area contributed by atoms with E-state index in [2.05, 4.69) is 65.7 Å². The Morgan fingerprint density at radius 2 is 1.64 bits per heavy atom. The van der Waals surface area contributed by atoms with Crippen molar-refractivity contribution in [2.24, 2.45) is 0 Å². The first-order valence-corrected chi connectivity index (χ1v) is 10.2. The van der Waals surface area contributed by atoms with Crippen LogP contribution < -0.4 is 5.32 Å². The smallest absolute Gasteiger partial charge is 0.223 e. The molecule has 1 atom stereocenters. The monoisotopic (exact) mass is 377 g/mol. The van der Waals surface area contributed by atoms with Crippen LogP contribution in [-0.4, -0.2) is 55.0 Å². The van der Waals surface area contributed by atoms with Crippen LogP contribution in [0, 0.1) is 0 Å². The Morgan fingerprint density at radius 1 is 1.00 bits per heavy atom. The van der Waals surface area contributed by atoms with Crippen molar-refractivity contribution < 1.29 is 4.79 Å². The molecule has 28 heavy (non-hydrogen) atoms. The van der Waals surface area contributed by atoms with Gasteiger partial charge in [-0.15, -0.1) is 0 Å². The third kappa shape index (κ3) is 6.32. The number of nitrogens with one attached hydrogen (secondary N) is 1. The van der Waals surface area contributed by atoms with Gasteiger partial charge in [-0.05, 0) is 18.1 Å². The van der Waals surface area contributed by atoms with Gasteiger partial charge in [0.15, 0.2) is 0 Å². The van der Waals surface area contributed by atoms with Crippen LogP contribution in [-0.2, 0) is 4.79 Å². The second-order valence-corrected chi connectivity index (χ2v) is 7.33. The van der Waals surface area contributed by atoms with E-state index in [0.29, 0.717) is 6.42 Å². The van der Waals surface area contributed by atoms with E-state index in [4.69, 9.17) is 0 Å². The summed E-state index contributed by atoms with van der Waals surface area (Å²) in [7, 11) is 0. The van der Waals surface area contributed by atoms with Crippen molar-refractivity contribution in [1.29, 1.82) is 0 Å². The van der Waals surface area contributed by atoms with Gasteiger partial charge in [0.25, 0.3) is 0 Å². The lowest BCUT2D eigenvalue weighted by Crippen LogP contribution is -2.49. The Labute approximate surface area is 168 Å². The molecule has 1 heterocycles. The largest absolute Gasteiger partial charge is 0.340 e. The molecule has 1 aliphatic heterocycles. The summed E-state index contributed by atoms with van der Waals surface area (Å²) in [5.74, 6) is 0.257. The van der Waals surface area contributed by atoms with Gasteiger partial charge in [0.05, 0.1) is 0 Å². The number of carbonyl (C=O) groups excluding carboxylic acids is 1. The average Bonchev–Trinajstić information content (AvgIpc) is 2.75. The Morgan fingerprint density at radius 3 is 2.32 bits per heavy atom. The minimum absolute atomic E-state index is 0.257. The van der Waals surface area contributed by atoms with E-state index in [1.807, 2.05) is 29.2 Å². The standard InChI is InChI=1S/C24H31N3O/c1-21(23-12-6-3-7-13-23)25-15-14-24(28)27-19-17-26(18-20-27)16-8-11-22-9-4-2-5-10-22/h2-13,21,25H,14-20H2,1H3/b11-8+. The number of nitrogens with zero attached hydrogens (tertiary/aromatic N) is 2. The normalized spacial score (nSPS) is 16.4. The molecule has 1 amide bonds. The van der Waals surface area contributed by atoms with Gasteiger partial charge in [-0.3, -0.25) is 9.69 Å². The number of carbonyl (C=O) groups is 1. The molecular formula is C24H31N3O. The van der Waals surface area contributed by atoms with E-state index in [9.17, 15) is 4.79 Å². The van der Waals surface area contributed by atoms with E-state index in [1.54, 1.807) is 0 Å². The van der Waals surface area contributed by atoms with Crippen LogP contribution in [0.5, 0.6) is 0 Å². The highest BCUT2D eigenvalue weighted by Gasteiger charge is 2.20. The quantitative estimate of drug-likeness (QED) is 0.764. The van der Waals surface area contributed by atoms with Gasteiger partial charge in [-0.25, -0.2) is 0 Å². The topological polar surface area (TPSA) is 35.6 Å². The number of amides is 1. The van der Waals surface area contributed by atoms with Crippen LogP contribution in [0.25, 0.3) is 6.08 Å². The minimum Gasteiger partial charge on any atom is -0.340 e. The molecule has 148 valence electrons. The van der Waals surface area contributed by atoms with Gasteiger partial charge in [-0.1, -0.05) is 72.8 Å². The fourth-order valence-electron chi connectivity index (χ4n) is 3.50. The predicted octanol–water partition coefficient (Wildman–Crippen LogP) is 3.58. The molecule has 1 aliphatic rings. The van der Waals surface area contributed by atoms with Crippen molar-refractivity contribution >= 4 is 12.0 Å². The van der Waals surface area contributed by atoms with Gasteiger partial charge in [-0.2, -0.15) is 0 Å². The number of piperazine rings is 1. The SMILES string of the molecule is CC(NCCC(=O)N1CCN(C/C=C/c2ccccc2)CC1)c1ccccc1.